The maximum Gasteiger partial charge on any atom is 0.137 e. The fourth-order valence-electron chi connectivity index (χ4n) is 1.49. The average molecular weight is 172 g/mol. The number of H-pyrrole nitrogens is 1. The molecule has 0 aliphatic rings. The first kappa shape index (κ1) is 8.05. The number of imidazole rings is 1. The summed E-state index contributed by atoms with van der Waals surface area (Å²) < 4.78 is 0. The van der Waals surface area contributed by atoms with E-state index in [0.717, 1.165) is 5.82 Å². The van der Waals surface area contributed by atoms with Crippen molar-refractivity contribution in [2.24, 2.45) is 0 Å². The normalized spacial score (nSPS) is 10.3. The van der Waals surface area contributed by atoms with E-state index in [0.29, 0.717) is 0 Å². The number of aromatic nitrogens is 2. The van der Waals surface area contributed by atoms with Gasteiger partial charge >= 0.3 is 0 Å². The van der Waals surface area contributed by atoms with E-state index in [1.165, 1.54) is 16.7 Å². The maximum atomic E-state index is 4.22. The molecule has 2 heteroatoms. The molecule has 0 saturated heterocycles. The van der Waals surface area contributed by atoms with E-state index in [1.54, 1.807) is 6.20 Å². The zero-order chi connectivity index (χ0) is 9.26. The number of benzene rings is 1. The first-order valence-corrected chi connectivity index (χ1v) is 4.34. The number of hydrogen-bond donors (Lipinski definition) is 1. The lowest BCUT2D eigenvalue weighted by Gasteiger charge is -2.02. The molecular weight excluding hydrogens is 160 g/mol. The zero-order valence-electron chi connectivity index (χ0n) is 7.83. The Morgan fingerprint density at radius 3 is 2.69 bits per heavy atom. The second-order valence-corrected chi connectivity index (χ2v) is 3.26. The van der Waals surface area contributed by atoms with Crippen LogP contribution in [0, 0.1) is 13.8 Å². The summed E-state index contributed by atoms with van der Waals surface area (Å²) in [5, 5.41) is 0. The highest BCUT2D eigenvalue weighted by atomic mass is 14.9. The van der Waals surface area contributed by atoms with Crippen LogP contribution in [0.3, 0.4) is 0 Å². The molecule has 0 aliphatic heterocycles. The minimum Gasteiger partial charge on any atom is -0.345 e. The highest BCUT2D eigenvalue weighted by Crippen LogP contribution is 2.19. The van der Waals surface area contributed by atoms with Gasteiger partial charge in [0.05, 0.1) is 0 Å². The van der Waals surface area contributed by atoms with E-state index in [4.69, 9.17) is 0 Å². The summed E-state index contributed by atoms with van der Waals surface area (Å²) in [5.74, 6) is 0.942. The summed E-state index contributed by atoms with van der Waals surface area (Å²) >= 11 is 0. The van der Waals surface area contributed by atoms with Gasteiger partial charge in [0, 0.05) is 18.0 Å². The van der Waals surface area contributed by atoms with Gasteiger partial charge in [0.25, 0.3) is 0 Å². The first-order chi connectivity index (χ1) is 6.27. The number of rotatable bonds is 1. The summed E-state index contributed by atoms with van der Waals surface area (Å²) in [6.45, 7) is 4.20. The summed E-state index contributed by atoms with van der Waals surface area (Å²) in [6, 6.07) is 6.37. The highest BCUT2D eigenvalue weighted by molar-refractivity contribution is 5.60. The molecule has 0 fully saturated rings. The smallest absolute Gasteiger partial charge is 0.137 e. The first-order valence-electron chi connectivity index (χ1n) is 4.34. The number of aryl methyl sites for hydroxylation is 2. The second kappa shape index (κ2) is 3.05. The van der Waals surface area contributed by atoms with E-state index in [-0.39, 0.29) is 0 Å². The topological polar surface area (TPSA) is 28.7 Å². The quantitative estimate of drug-likeness (QED) is 0.704. The monoisotopic (exact) mass is 172 g/mol. The van der Waals surface area contributed by atoms with Gasteiger partial charge in [0.15, 0.2) is 0 Å². The van der Waals surface area contributed by atoms with Gasteiger partial charge in [-0.25, -0.2) is 4.98 Å². The van der Waals surface area contributed by atoms with Gasteiger partial charge in [0.2, 0.25) is 0 Å². The molecule has 2 aromatic rings. The minimum atomic E-state index is 0.942. The Hall–Kier alpha value is -1.57. The molecule has 0 bridgehead atoms. The van der Waals surface area contributed by atoms with E-state index in [2.05, 4.69) is 42.0 Å². The van der Waals surface area contributed by atoms with Crippen LogP contribution in [0.2, 0.25) is 0 Å². The van der Waals surface area contributed by atoms with Crippen molar-refractivity contribution in [2.45, 2.75) is 13.8 Å². The molecule has 0 unspecified atom stereocenters. The Kier molecular flexibility index (Phi) is 1.89. The maximum absolute atomic E-state index is 4.22. The van der Waals surface area contributed by atoms with Crippen LogP contribution in [0.4, 0.5) is 0 Å². The van der Waals surface area contributed by atoms with Crippen LogP contribution in [0.15, 0.2) is 30.6 Å². The van der Waals surface area contributed by atoms with Crippen molar-refractivity contribution in [1.82, 2.24) is 9.97 Å². The Balaban J connectivity index is 2.53. The molecule has 1 aromatic heterocycles. The van der Waals surface area contributed by atoms with Gasteiger partial charge in [-0.3, -0.25) is 0 Å². The molecular formula is C11H12N2. The number of hydrogen-bond acceptors (Lipinski definition) is 1. The van der Waals surface area contributed by atoms with Gasteiger partial charge in [-0.2, -0.15) is 0 Å². The fourth-order valence-corrected chi connectivity index (χ4v) is 1.49. The molecule has 0 atom stereocenters. The van der Waals surface area contributed by atoms with Crippen molar-refractivity contribution < 1.29 is 0 Å². The number of nitrogens with zero attached hydrogens (tertiary/aromatic N) is 1. The molecule has 0 radical (unpaired) electrons. The largest absolute Gasteiger partial charge is 0.345 e. The molecule has 1 aromatic carbocycles. The molecule has 0 amide bonds. The average Bonchev–Trinajstić information content (AvgIpc) is 2.56. The van der Waals surface area contributed by atoms with E-state index >= 15 is 0 Å². The zero-order valence-corrected chi connectivity index (χ0v) is 7.83. The SMILES string of the molecule is Cc1ccc(-c2ncc[nH]2)c(C)c1. The van der Waals surface area contributed by atoms with Crippen LogP contribution in [-0.2, 0) is 0 Å². The summed E-state index contributed by atoms with van der Waals surface area (Å²) in [5.41, 5.74) is 3.72. The van der Waals surface area contributed by atoms with Crippen LogP contribution in [0.5, 0.6) is 0 Å². The Morgan fingerprint density at radius 2 is 2.08 bits per heavy atom. The van der Waals surface area contributed by atoms with Gasteiger partial charge < -0.3 is 4.98 Å². The van der Waals surface area contributed by atoms with Crippen molar-refractivity contribution in [1.29, 1.82) is 0 Å². The lowest BCUT2D eigenvalue weighted by Crippen LogP contribution is -1.85. The fraction of sp³-hybridized carbons (Fsp3) is 0.182. The van der Waals surface area contributed by atoms with Crippen LogP contribution >= 0.6 is 0 Å². The molecule has 66 valence electrons. The van der Waals surface area contributed by atoms with Crippen molar-refractivity contribution in [3.05, 3.63) is 41.7 Å². The molecule has 0 aliphatic carbocycles. The van der Waals surface area contributed by atoms with E-state index < -0.39 is 0 Å². The van der Waals surface area contributed by atoms with Crippen LogP contribution in [0.25, 0.3) is 11.4 Å². The molecule has 0 spiro atoms. The number of aromatic amines is 1. The van der Waals surface area contributed by atoms with Gasteiger partial charge in [-0.1, -0.05) is 23.8 Å². The van der Waals surface area contributed by atoms with Crippen LogP contribution in [-0.4, -0.2) is 9.97 Å². The predicted octanol–water partition coefficient (Wildman–Crippen LogP) is 2.69. The molecule has 2 nitrogen and oxygen atoms in total. The van der Waals surface area contributed by atoms with Crippen LogP contribution < -0.4 is 0 Å². The number of nitrogens with one attached hydrogen (secondary N) is 1. The van der Waals surface area contributed by atoms with Crippen LogP contribution in [0.1, 0.15) is 11.1 Å². The Morgan fingerprint density at radius 1 is 1.23 bits per heavy atom. The summed E-state index contributed by atoms with van der Waals surface area (Å²) in [4.78, 5) is 7.32. The van der Waals surface area contributed by atoms with Crippen molar-refractivity contribution in [3.8, 4) is 11.4 Å². The third kappa shape index (κ3) is 1.47. The third-order valence-corrected chi connectivity index (χ3v) is 2.14. The van der Waals surface area contributed by atoms with Gasteiger partial charge in [0.1, 0.15) is 5.82 Å². The molecule has 13 heavy (non-hydrogen) atoms. The molecule has 2 rings (SSSR count). The highest BCUT2D eigenvalue weighted by Gasteiger charge is 2.02. The van der Waals surface area contributed by atoms with Gasteiger partial charge in [-0.05, 0) is 19.4 Å². The summed E-state index contributed by atoms with van der Waals surface area (Å²) in [7, 11) is 0. The van der Waals surface area contributed by atoms with E-state index in [1.807, 2.05) is 6.20 Å². The third-order valence-electron chi connectivity index (χ3n) is 2.14. The Labute approximate surface area is 77.6 Å². The standard InChI is InChI=1S/C11H12N2/c1-8-3-4-10(9(2)7-8)11-12-5-6-13-11/h3-7H,1-2H3,(H,12,13). The van der Waals surface area contributed by atoms with Crippen molar-refractivity contribution in [3.63, 3.8) is 0 Å². The lowest BCUT2D eigenvalue weighted by molar-refractivity contribution is 1.27. The van der Waals surface area contributed by atoms with Crippen molar-refractivity contribution >= 4 is 0 Å². The second-order valence-electron chi connectivity index (χ2n) is 3.26. The molecule has 1 N–H and O–H groups in total. The lowest BCUT2D eigenvalue weighted by atomic mass is 10.1. The van der Waals surface area contributed by atoms with Crippen molar-refractivity contribution in [2.75, 3.05) is 0 Å². The minimum absolute atomic E-state index is 0.942. The van der Waals surface area contributed by atoms with Gasteiger partial charge in [-0.15, -0.1) is 0 Å². The molecule has 0 saturated carbocycles. The predicted molar refractivity (Wildman–Crippen MR) is 53.5 cm³/mol. The Bertz CT molecular complexity index is 402. The molecule has 1 heterocycles. The van der Waals surface area contributed by atoms with E-state index in [9.17, 15) is 0 Å². The summed E-state index contributed by atoms with van der Waals surface area (Å²) in [6.07, 6.45) is 3.61.